The molecule has 0 saturated carbocycles. The summed E-state index contributed by atoms with van der Waals surface area (Å²) < 4.78 is 5.50. The van der Waals surface area contributed by atoms with Crippen LogP contribution in [0, 0.1) is 0 Å². The van der Waals surface area contributed by atoms with Gasteiger partial charge < -0.3 is 20.3 Å². The van der Waals surface area contributed by atoms with Gasteiger partial charge in [-0.15, -0.1) is 0 Å². The number of carbonyl (C=O) groups is 2. The molecule has 0 aromatic rings. The zero-order valence-corrected chi connectivity index (χ0v) is 60.9. The van der Waals surface area contributed by atoms with Gasteiger partial charge in [-0.3, -0.25) is 9.59 Å². The number of amides is 1. The van der Waals surface area contributed by atoms with Crippen LogP contribution in [0.5, 0.6) is 0 Å². The molecule has 0 aromatic heterocycles. The molecule has 6 heteroatoms. The summed E-state index contributed by atoms with van der Waals surface area (Å²) in [6.07, 6.45) is 105. The third-order valence-electron chi connectivity index (χ3n) is 19.1. The largest absolute Gasteiger partial charge is 0.466 e. The molecule has 1 amide bonds. The number of aliphatic hydroxyl groups is 2. The predicted molar refractivity (Wildman–Crippen MR) is 398 cm³/mol. The lowest BCUT2D eigenvalue weighted by Crippen LogP contribution is -2.45. The maximum atomic E-state index is 12.5. The molecule has 6 nitrogen and oxygen atoms in total. The van der Waals surface area contributed by atoms with Gasteiger partial charge in [-0.2, -0.15) is 0 Å². The number of nitrogens with one attached hydrogen (secondary N) is 1. The predicted octanol–water partition coefficient (Wildman–Crippen LogP) is 27.2. The Bertz CT molecular complexity index is 1500. The maximum Gasteiger partial charge on any atom is 0.305 e. The molecule has 0 spiro atoms. The Morgan fingerprint density at radius 3 is 0.856 bits per heavy atom. The number of unbranched alkanes of at least 4 members (excludes halogenated alkanes) is 60. The first-order chi connectivity index (χ1) is 44.5. The van der Waals surface area contributed by atoms with E-state index >= 15 is 0 Å². The first kappa shape index (κ1) is 87.8. The van der Waals surface area contributed by atoms with Crippen molar-refractivity contribution in [3.05, 3.63) is 48.6 Å². The van der Waals surface area contributed by atoms with Crippen LogP contribution in [0.15, 0.2) is 48.6 Å². The van der Waals surface area contributed by atoms with Crippen molar-refractivity contribution in [1.82, 2.24) is 5.32 Å². The minimum absolute atomic E-state index is 0.0133. The second-order valence-electron chi connectivity index (χ2n) is 28.1. The van der Waals surface area contributed by atoms with Gasteiger partial charge in [0.15, 0.2) is 0 Å². The summed E-state index contributed by atoms with van der Waals surface area (Å²) in [4.78, 5) is 24.6. The summed E-state index contributed by atoms with van der Waals surface area (Å²) in [6, 6.07) is -0.627. The molecule has 2 atom stereocenters. The normalized spacial score (nSPS) is 12.7. The molecule has 2 unspecified atom stereocenters. The van der Waals surface area contributed by atoms with Gasteiger partial charge in [0.2, 0.25) is 5.91 Å². The van der Waals surface area contributed by atoms with Gasteiger partial charge in [0.1, 0.15) is 0 Å². The van der Waals surface area contributed by atoms with Gasteiger partial charge in [0, 0.05) is 12.8 Å². The molecule has 0 fully saturated rings. The summed E-state index contributed by atoms with van der Waals surface area (Å²) in [5.41, 5.74) is 0. The van der Waals surface area contributed by atoms with Crippen molar-refractivity contribution in [3.63, 3.8) is 0 Å². The molecule has 0 heterocycles. The highest BCUT2D eigenvalue weighted by atomic mass is 16.5. The molecule has 0 saturated heterocycles. The van der Waals surface area contributed by atoms with Crippen molar-refractivity contribution in [2.24, 2.45) is 0 Å². The summed E-state index contributed by atoms with van der Waals surface area (Å²) in [5.74, 6) is -0.0481. The van der Waals surface area contributed by atoms with Crippen molar-refractivity contribution >= 4 is 11.9 Å². The van der Waals surface area contributed by atoms with E-state index in [0.717, 1.165) is 51.4 Å². The van der Waals surface area contributed by atoms with Crippen molar-refractivity contribution in [2.45, 2.75) is 463 Å². The standard InChI is InChI=1S/C84H159NO5/c1-3-5-7-9-11-13-15-17-19-21-45-48-52-56-60-64-68-72-76-82(87)81(80-86)85-83(88)77-73-69-65-61-57-53-49-46-43-41-39-37-35-33-31-29-27-25-23-22-24-26-28-30-32-34-36-38-40-42-44-47-51-55-59-63-67-71-75-79-90-84(89)78-74-70-66-62-58-54-50-20-18-16-14-12-10-8-6-4-2/h20,22-23,26,28,50,72,76,81-82,86-87H,3-19,21,24-25,27,29-49,51-71,73-75,77-80H2,1-2H3,(H,85,88)/b23-22-,28-26-,50-20-,76-72+. The smallest absolute Gasteiger partial charge is 0.305 e. The minimum Gasteiger partial charge on any atom is -0.466 e. The minimum atomic E-state index is -0.843. The fourth-order valence-electron chi connectivity index (χ4n) is 12.8. The zero-order valence-electron chi connectivity index (χ0n) is 60.9. The highest BCUT2D eigenvalue weighted by molar-refractivity contribution is 5.76. The van der Waals surface area contributed by atoms with Crippen molar-refractivity contribution in [1.29, 1.82) is 0 Å². The van der Waals surface area contributed by atoms with Crippen molar-refractivity contribution in [2.75, 3.05) is 13.2 Å². The molecule has 90 heavy (non-hydrogen) atoms. The number of aliphatic hydroxyl groups excluding tert-OH is 2. The second-order valence-corrected chi connectivity index (χ2v) is 28.1. The molecule has 0 bridgehead atoms. The number of rotatable bonds is 77. The SMILES string of the molecule is CCCCCCCCC/C=C\CCCCCCCC(=O)OCCCCCCCCCCCCCCCCC/C=C\C/C=C\CCCCCCCCCCCCCCCCCCCC(=O)NC(CO)C(O)/C=C/CCCCCCCCCCCCCCCCCC. The maximum absolute atomic E-state index is 12.5. The van der Waals surface area contributed by atoms with E-state index in [1.807, 2.05) is 6.08 Å². The summed E-state index contributed by atoms with van der Waals surface area (Å²) in [7, 11) is 0. The van der Waals surface area contributed by atoms with Gasteiger partial charge in [-0.25, -0.2) is 0 Å². The van der Waals surface area contributed by atoms with Crippen LogP contribution in [0.1, 0.15) is 450 Å². The number of carbonyl (C=O) groups excluding carboxylic acids is 2. The molecule has 3 N–H and O–H groups in total. The van der Waals surface area contributed by atoms with E-state index in [1.165, 1.54) is 372 Å². The van der Waals surface area contributed by atoms with Crippen LogP contribution < -0.4 is 5.32 Å². The van der Waals surface area contributed by atoms with Gasteiger partial charge in [0.25, 0.3) is 0 Å². The van der Waals surface area contributed by atoms with Gasteiger partial charge in [-0.05, 0) is 89.9 Å². The lowest BCUT2D eigenvalue weighted by molar-refractivity contribution is -0.143. The van der Waals surface area contributed by atoms with Crippen LogP contribution in [0.4, 0.5) is 0 Å². The Morgan fingerprint density at radius 2 is 0.556 bits per heavy atom. The number of hydrogen-bond donors (Lipinski definition) is 3. The van der Waals surface area contributed by atoms with Crippen molar-refractivity contribution in [3.8, 4) is 0 Å². The fourth-order valence-corrected chi connectivity index (χ4v) is 12.8. The van der Waals surface area contributed by atoms with Crippen LogP contribution in [-0.2, 0) is 14.3 Å². The molecule has 0 rings (SSSR count). The van der Waals surface area contributed by atoms with Crippen LogP contribution >= 0.6 is 0 Å². The summed E-state index contributed by atoms with van der Waals surface area (Å²) in [6.45, 7) is 4.94. The lowest BCUT2D eigenvalue weighted by atomic mass is 10.0. The van der Waals surface area contributed by atoms with Crippen LogP contribution in [0.3, 0.4) is 0 Å². The van der Waals surface area contributed by atoms with Crippen LogP contribution in [-0.4, -0.2) is 47.4 Å². The van der Waals surface area contributed by atoms with E-state index in [2.05, 4.69) is 55.6 Å². The molecular formula is C84H159NO5. The molecule has 530 valence electrons. The third-order valence-corrected chi connectivity index (χ3v) is 19.1. The average Bonchev–Trinajstić information content (AvgIpc) is 3.68. The highest BCUT2D eigenvalue weighted by Crippen LogP contribution is 2.19. The Morgan fingerprint density at radius 1 is 0.311 bits per heavy atom. The Labute approximate surface area is 563 Å². The summed E-state index contributed by atoms with van der Waals surface area (Å²) >= 11 is 0. The molecule has 0 aromatic carbocycles. The first-order valence-electron chi connectivity index (χ1n) is 40.9. The molecular weight excluding hydrogens is 1100 g/mol. The Kier molecular flexibility index (Phi) is 77.3. The molecule has 0 aliphatic heterocycles. The lowest BCUT2D eigenvalue weighted by Gasteiger charge is -2.20. The Hall–Kier alpha value is -2.18. The highest BCUT2D eigenvalue weighted by Gasteiger charge is 2.18. The topological polar surface area (TPSA) is 95.9 Å². The van der Waals surface area contributed by atoms with Gasteiger partial charge in [0.05, 0.1) is 25.4 Å². The van der Waals surface area contributed by atoms with Crippen molar-refractivity contribution < 1.29 is 24.5 Å². The van der Waals surface area contributed by atoms with E-state index in [-0.39, 0.29) is 18.5 Å². The van der Waals surface area contributed by atoms with Crippen LogP contribution in [0.25, 0.3) is 0 Å². The van der Waals surface area contributed by atoms with Gasteiger partial charge in [-0.1, -0.05) is 396 Å². The average molecular weight is 1260 g/mol. The first-order valence-corrected chi connectivity index (χ1v) is 40.9. The Balaban J connectivity index is 3.37. The molecule has 0 radical (unpaired) electrons. The monoisotopic (exact) mass is 1260 g/mol. The quantitative estimate of drug-likeness (QED) is 0.0320. The second kappa shape index (κ2) is 79.3. The third kappa shape index (κ3) is 74.9. The number of allylic oxidation sites excluding steroid dienone is 7. The van der Waals surface area contributed by atoms with Crippen LogP contribution in [0.2, 0.25) is 0 Å². The molecule has 0 aliphatic rings. The van der Waals surface area contributed by atoms with E-state index in [9.17, 15) is 19.8 Å². The number of hydrogen-bond acceptors (Lipinski definition) is 5. The number of esters is 1. The van der Waals surface area contributed by atoms with E-state index < -0.39 is 12.1 Å². The zero-order chi connectivity index (χ0) is 64.9. The molecule has 0 aliphatic carbocycles. The van der Waals surface area contributed by atoms with Gasteiger partial charge >= 0.3 is 5.97 Å². The van der Waals surface area contributed by atoms with E-state index in [0.29, 0.717) is 19.4 Å². The number of ether oxygens (including phenoxy) is 1. The summed E-state index contributed by atoms with van der Waals surface area (Å²) in [5, 5.41) is 23.2. The van der Waals surface area contributed by atoms with E-state index in [4.69, 9.17) is 4.74 Å². The van der Waals surface area contributed by atoms with E-state index in [1.54, 1.807) is 6.08 Å². The fraction of sp³-hybridized carbons (Fsp3) is 0.881.